The van der Waals surface area contributed by atoms with Gasteiger partial charge in [-0.05, 0) is 0 Å². The maximum Gasteiger partial charge on any atom is 0.505 e. The lowest BCUT2D eigenvalue weighted by Crippen LogP contribution is -2.50. The number of halogens is 6. The second kappa shape index (κ2) is 10.4. The molecule has 0 aromatic heterocycles. The molecule has 0 aromatic carbocycles. The molecule has 0 radical (unpaired) electrons. The van der Waals surface area contributed by atoms with E-state index in [0.717, 1.165) is 21.2 Å². The molecule has 1 aliphatic rings. The molecule has 0 saturated carbocycles. The molecule has 1 aliphatic heterocycles. The van der Waals surface area contributed by atoms with Crippen molar-refractivity contribution in [3.63, 3.8) is 0 Å². The van der Waals surface area contributed by atoms with Crippen LogP contribution in [0.2, 0.25) is 6.04 Å². The van der Waals surface area contributed by atoms with E-state index in [1.807, 2.05) is 0 Å². The van der Waals surface area contributed by atoms with E-state index < -0.39 is 39.9 Å². The highest BCUT2D eigenvalue weighted by Crippen LogP contribution is 2.36. The molecule has 1 saturated heterocycles. The first-order valence-corrected chi connectivity index (χ1v) is 13.0. The van der Waals surface area contributed by atoms with Gasteiger partial charge in [-0.25, -0.2) is 16.8 Å². The molecular formula is C12H24F6N2O7S2Si. The maximum atomic E-state index is 11.4. The number of alkyl halides is 6. The number of likely N-dealkylation sites (tertiary alicyclic amines) is 1. The van der Waals surface area contributed by atoms with Crippen LogP contribution in [0.3, 0.4) is 0 Å². The largest absolute Gasteiger partial charge is 0.505 e. The van der Waals surface area contributed by atoms with Gasteiger partial charge in [0.15, 0.2) is 20.0 Å². The highest BCUT2D eigenvalue weighted by atomic mass is 32.3. The summed E-state index contributed by atoms with van der Waals surface area (Å²) >= 11 is 0. The van der Waals surface area contributed by atoms with Crippen LogP contribution in [0.5, 0.6) is 0 Å². The van der Waals surface area contributed by atoms with Crippen LogP contribution in [0, 0.1) is 0 Å². The molecule has 18 heteroatoms. The monoisotopic (exact) mass is 514 g/mol. The standard InChI is InChI=1S/C10H24NO3Si.C2F6NO4S2/c1-11(7-5-6-8-11)9-10-15(12-2,13-3)14-4;3-1(4,5)14(10,11)9-15(12,13)2(6,7)8/h5-10H2,1-4H3;/q+1;-1. The molecule has 1 heterocycles. The molecule has 0 N–H and O–H groups in total. The fourth-order valence-electron chi connectivity index (χ4n) is 2.50. The van der Waals surface area contributed by atoms with E-state index in [2.05, 4.69) is 7.05 Å². The minimum Gasteiger partial charge on any atom is -0.421 e. The summed E-state index contributed by atoms with van der Waals surface area (Å²) in [4.78, 5) is 0. The Kier molecular flexibility index (Phi) is 10.2. The zero-order valence-electron chi connectivity index (χ0n) is 16.6. The van der Waals surface area contributed by atoms with E-state index in [1.54, 1.807) is 21.3 Å². The van der Waals surface area contributed by atoms with Gasteiger partial charge in [0.2, 0.25) is 0 Å². The van der Waals surface area contributed by atoms with Gasteiger partial charge in [-0.3, -0.25) is 0 Å². The highest BCUT2D eigenvalue weighted by Gasteiger charge is 2.47. The average molecular weight is 515 g/mol. The van der Waals surface area contributed by atoms with Gasteiger partial charge >= 0.3 is 19.8 Å². The highest BCUT2D eigenvalue weighted by molar-refractivity contribution is 8.13. The van der Waals surface area contributed by atoms with Crippen LogP contribution in [-0.4, -0.2) is 89.2 Å². The zero-order valence-corrected chi connectivity index (χ0v) is 19.2. The Hall–Kier alpha value is -0.503. The van der Waals surface area contributed by atoms with Gasteiger partial charge in [0.1, 0.15) is 0 Å². The SMILES string of the molecule is CO[Si](CC[N+]1(C)CCCC1)(OC)OC.O=S(=O)([N-]S(=O)(=O)C(F)(F)F)C(F)(F)F. The minimum atomic E-state index is -6.72. The fourth-order valence-corrected chi connectivity index (χ4v) is 6.13. The molecule has 0 amide bonds. The number of quaternary nitrogens is 1. The summed E-state index contributed by atoms with van der Waals surface area (Å²) < 4.78 is 127. The van der Waals surface area contributed by atoms with Crippen molar-refractivity contribution in [1.82, 2.24) is 0 Å². The van der Waals surface area contributed by atoms with Gasteiger partial charge in [-0.15, -0.1) is 0 Å². The van der Waals surface area contributed by atoms with Crippen molar-refractivity contribution in [2.75, 3.05) is 48.0 Å². The molecule has 0 aromatic rings. The van der Waals surface area contributed by atoms with Gasteiger partial charge in [0, 0.05) is 34.2 Å². The van der Waals surface area contributed by atoms with Crippen LogP contribution in [0.1, 0.15) is 12.8 Å². The van der Waals surface area contributed by atoms with Gasteiger partial charge in [0.05, 0.1) is 32.7 Å². The summed E-state index contributed by atoms with van der Waals surface area (Å²) in [5, 5.41) is 0. The number of hydrogen-bond donors (Lipinski definition) is 0. The number of nitrogens with zero attached hydrogens (tertiary/aromatic N) is 2. The second-order valence-electron chi connectivity index (χ2n) is 6.46. The van der Waals surface area contributed by atoms with Crippen LogP contribution < -0.4 is 0 Å². The molecule has 0 unspecified atom stereocenters. The van der Waals surface area contributed by atoms with E-state index in [9.17, 15) is 43.2 Å². The summed E-state index contributed by atoms with van der Waals surface area (Å²) in [7, 11) is -8.43. The Balaban J connectivity index is 0.000000561. The van der Waals surface area contributed by atoms with Crippen LogP contribution in [0.4, 0.5) is 26.3 Å². The van der Waals surface area contributed by atoms with Crippen LogP contribution >= 0.6 is 0 Å². The third kappa shape index (κ3) is 8.21. The summed E-state index contributed by atoms with van der Waals surface area (Å²) in [5.41, 5.74) is -12.4. The molecule has 9 nitrogen and oxygen atoms in total. The van der Waals surface area contributed by atoms with Gasteiger partial charge in [0.25, 0.3) is 0 Å². The van der Waals surface area contributed by atoms with Crippen molar-refractivity contribution in [3.05, 3.63) is 4.13 Å². The van der Waals surface area contributed by atoms with Crippen molar-refractivity contribution in [2.45, 2.75) is 29.9 Å². The maximum absolute atomic E-state index is 11.4. The van der Waals surface area contributed by atoms with Crippen molar-refractivity contribution < 1.29 is 60.9 Å². The number of hydrogen-bond acceptors (Lipinski definition) is 7. The Labute approximate surface area is 172 Å². The third-order valence-electron chi connectivity index (χ3n) is 4.32. The van der Waals surface area contributed by atoms with E-state index in [0.29, 0.717) is 0 Å². The predicted molar refractivity (Wildman–Crippen MR) is 94.9 cm³/mol. The zero-order chi connectivity index (χ0) is 24.1. The molecule has 0 aliphatic carbocycles. The smallest absolute Gasteiger partial charge is 0.421 e. The molecular weight excluding hydrogens is 490 g/mol. The van der Waals surface area contributed by atoms with Crippen molar-refractivity contribution in [1.29, 1.82) is 0 Å². The summed E-state index contributed by atoms with van der Waals surface area (Å²) in [5.74, 6) is 0. The van der Waals surface area contributed by atoms with Crippen LogP contribution in [0.15, 0.2) is 0 Å². The Morgan fingerprint density at radius 1 is 0.833 bits per heavy atom. The van der Waals surface area contributed by atoms with E-state index in [1.165, 1.54) is 25.9 Å². The first-order valence-electron chi connectivity index (χ1n) is 8.16. The van der Waals surface area contributed by atoms with Crippen molar-refractivity contribution in [2.24, 2.45) is 0 Å². The van der Waals surface area contributed by atoms with Crippen LogP contribution in [-0.2, 0) is 33.3 Å². The Bertz CT molecular complexity index is 698. The van der Waals surface area contributed by atoms with E-state index >= 15 is 0 Å². The van der Waals surface area contributed by atoms with Crippen LogP contribution in [0.25, 0.3) is 4.13 Å². The molecule has 30 heavy (non-hydrogen) atoms. The van der Waals surface area contributed by atoms with Gasteiger partial charge in [-0.2, -0.15) is 26.3 Å². The molecule has 182 valence electrons. The minimum absolute atomic E-state index is 0.778. The van der Waals surface area contributed by atoms with Crippen molar-refractivity contribution in [3.8, 4) is 0 Å². The number of sulfonamides is 2. The fraction of sp³-hybridized carbons (Fsp3) is 1.00. The normalized spacial score (nSPS) is 18.1. The lowest BCUT2D eigenvalue weighted by atomic mass is 10.4. The summed E-state index contributed by atoms with van der Waals surface area (Å²) in [6, 6.07) is 0.910. The first kappa shape index (κ1) is 29.5. The Morgan fingerprint density at radius 3 is 1.43 bits per heavy atom. The first-order chi connectivity index (χ1) is 13.3. The predicted octanol–water partition coefficient (Wildman–Crippen LogP) is 2.16. The molecule has 1 rings (SSSR count). The Morgan fingerprint density at radius 2 is 1.17 bits per heavy atom. The lowest BCUT2D eigenvalue weighted by molar-refractivity contribution is -0.895. The average Bonchev–Trinajstić information content (AvgIpc) is 3.01. The van der Waals surface area contributed by atoms with E-state index in [4.69, 9.17) is 13.3 Å². The quantitative estimate of drug-likeness (QED) is 0.277. The topological polar surface area (TPSA) is 110 Å². The van der Waals surface area contributed by atoms with E-state index in [-0.39, 0.29) is 0 Å². The van der Waals surface area contributed by atoms with Gasteiger partial charge < -0.3 is 21.9 Å². The van der Waals surface area contributed by atoms with Crippen molar-refractivity contribution >= 4 is 28.9 Å². The third-order valence-corrected chi connectivity index (χ3v) is 9.76. The second-order valence-corrected chi connectivity index (χ2v) is 13.0. The lowest BCUT2D eigenvalue weighted by Gasteiger charge is -2.32. The summed E-state index contributed by atoms with van der Waals surface area (Å²) in [6.07, 6.45) is 2.69. The molecule has 0 bridgehead atoms. The van der Waals surface area contributed by atoms with Gasteiger partial charge in [-0.1, -0.05) is 0 Å². The molecule has 0 atom stereocenters. The summed E-state index contributed by atoms with van der Waals surface area (Å²) in [6.45, 7) is 3.66. The molecule has 0 spiro atoms. The molecule has 1 fully saturated rings. The number of rotatable bonds is 8.